The van der Waals surface area contributed by atoms with Gasteiger partial charge in [0, 0.05) is 16.3 Å². The van der Waals surface area contributed by atoms with Crippen molar-refractivity contribution in [2.75, 3.05) is 19.7 Å². The van der Waals surface area contributed by atoms with Gasteiger partial charge in [-0.05, 0) is 19.9 Å². The Labute approximate surface area is 109 Å². The summed E-state index contributed by atoms with van der Waals surface area (Å²) in [6, 6.07) is 1.85. The molecule has 2 heterocycles. The number of nitrogens with zero attached hydrogens (tertiary/aromatic N) is 1. The molecule has 0 aliphatic carbocycles. The van der Waals surface area contributed by atoms with Crippen molar-refractivity contribution in [2.24, 2.45) is 0 Å². The smallest absolute Gasteiger partial charge is 0.334 e. The van der Waals surface area contributed by atoms with E-state index in [1.54, 1.807) is 16.2 Å². The number of morpholine rings is 1. The molecule has 0 bridgehead atoms. The summed E-state index contributed by atoms with van der Waals surface area (Å²) in [4.78, 5) is 26.8. The highest BCUT2D eigenvalue weighted by Crippen LogP contribution is 2.22. The van der Waals surface area contributed by atoms with Gasteiger partial charge in [0.2, 0.25) is 0 Å². The summed E-state index contributed by atoms with van der Waals surface area (Å²) >= 11 is 1.57. The summed E-state index contributed by atoms with van der Waals surface area (Å²) in [6.07, 6.45) is -0.914. The van der Waals surface area contributed by atoms with E-state index in [1.165, 1.54) is 0 Å². The highest BCUT2D eigenvalue weighted by Gasteiger charge is 2.30. The van der Waals surface area contributed by atoms with Crippen LogP contribution in [0.2, 0.25) is 0 Å². The molecule has 1 N–H and O–H groups in total. The van der Waals surface area contributed by atoms with Gasteiger partial charge in [0.15, 0.2) is 6.10 Å². The standard InChI is InChI=1S/C12H15NO4S/c1-7-5-9(8(2)18-7)11(14)13-3-4-17-10(6-13)12(15)16/h5,10H,3-4,6H2,1-2H3,(H,15,16). The summed E-state index contributed by atoms with van der Waals surface area (Å²) in [5.41, 5.74) is 0.670. The van der Waals surface area contributed by atoms with Gasteiger partial charge in [-0.1, -0.05) is 0 Å². The van der Waals surface area contributed by atoms with Gasteiger partial charge in [-0.15, -0.1) is 11.3 Å². The van der Waals surface area contributed by atoms with E-state index in [0.29, 0.717) is 12.1 Å². The van der Waals surface area contributed by atoms with Crippen LogP contribution in [0.25, 0.3) is 0 Å². The number of carboxylic acid groups (broad SMARTS) is 1. The summed E-state index contributed by atoms with van der Waals surface area (Å²) in [5, 5.41) is 8.91. The fourth-order valence-electron chi connectivity index (χ4n) is 2.00. The average Bonchev–Trinajstić information content (AvgIpc) is 2.67. The third-order valence-corrected chi connectivity index (χ3v) is 3.87. The van der Waals surface area contributed by atoms with E-state index in [9.17, 15) is 9.59 Å². The zero-order valence-corrected chi connectivity index (χ0v) is 11.1. The molecule has 1 aromatic rings. The Morgan fingerprint density at radius 3 is 2.78 bits per heavy atom. The van der Waals surface area contributed by atoms with Crippen molar-refractivity contribution in [2.45, 2.75) is 20.0 Å². The minimum Gasteiger partial charge on any atom is -0.479 e. The maximum Gasteiger partial charge on any atom is 0.334 e. The van der Waals surface area contributed by atoms with E-state index in [2.05, 4.69) is 0 Å². The first-order valence-corrected chi connectivity index (χ1v) is 6.51. The zero-order chi connectivity index (χ0) is 13.3. The van der Waals surface area contributed by atoms with Crippen LogP contribution in [0.4, 0.5) is 0 Å². The van der Waals surface area contributed by atoms with E-state index in [-0.39, 0.29) is 19.1 Å². The van der Waals surface area contributed by atoms with Crippen LogP contribution in [0.15, 0.2) is 6.07 Å². The summed E-state index contributed by atoms with van der Waals surface area (Å²) in [7, 11) is 0. The van der Waals surface area contributed by atoms with Gasteiger partial charge >= 0.3 is 5.97 Å². The van der Waals surface area contributed by atoms with Crippen molar-refractivity contribution in [3.63, 3.8) is 0 Å². The van der Waals surface area contributed by atoms with Crippen molar-refractivity contribution in [3.05, 3.63) is 21.4 Å². The Hall–Kier alpha value is -1.40. The Bertz CT molecular complexity index is 482. The van der Waals surface area contributed by atoms with Gasteiger partial charge in [0.25, 0.3) is 5.91 Å². The predicted molar refractivity (Wildman–Crippen MR) is 67.1 cm³/mol. The van der Waals surface area contributed by atoms with Crippen LogP contribution < -0.4 is 0 Å². The molecule has 18 heavy (non-hydrogen) atoms. The normalized spacial score (nSPS) is 19.9. The van der Waals surface area contributed by atoms with Crippen LogP contribution in [0.3, 0.4) is 0 Å². The minimum absolute atomic E-state index is 0.105. The lowest BCUT2D eigenvalue weighted by Gasteiger charge is -2.30. The third-order valence-electron chi connectivity index (χ3n) is 2.90. The lowest BCUT2D eigenvalue weighted by molar-refractivity contribution is -0.154. The number of amides is 1. The molecule has 1 saturated heterocycles. The molecule has 98 valence electrons. The number of aryl methyl sites for hydroxylation is 2. The maximum absolute atomic E-state index is 12.3. The van der Waals surface area contributed by atoms with Crippen molar-refractivity contribution >= 4 is 23.2 Å². The molecule has 1 amide bonds. The van der Waals surface area contributed by atoms with Crippen LogP contribution in [0.1, 0.15) is 20.1 Å². The monoisotopic (exact) mass is 269 g/mol. The lowest BCUT2D eigenvalue weighted by atomic mass is 10.2. The quantitative estimate of drug-likeness (QED) is 0.878. The van der Waals surface area contributed by atoms with Gasteiger partial charge in [-0.2, -0.15) is 0 Å². The van der Waals surface area contributed by atoms with Crippen LogP contribution >= 0.6 is 11.3 Å². The average molecular weight is 269 g/mol. The molecule has 1 unspecified atom stereocenters. The van der Waals surface area contributed by atoms with E-state index < -0.39 is 12.1 Å². The lowest BCUT2D eigenvalue weighted by Crippen LogP contribution is -2.48. The Morgan fingerprint density at radius 2 is 2.22 bits per heavy atom. The van der Waals surface area contributed by atoms with Gasteiger partial charge in [-0.3, -0.25) is 4.79 Å². The molecule has 5 nitrogen and oxygen atoms in total. The maximum atomic E-state index is 12.3. The summed E-state index contributed by atoms with van der Waals surface area (Å²) < 4.78 is 5.10. The second-order valence-corrected chi connectivity index (χ2v) is 5.74. The van der Waals surface area contributed by atoms with Crippen LogP contribution in [-0.4, -0.2) is 47.7 Å². The first kappa shape index (κ1) is 13.0. The van der Waals surface area contributed by atoms with Crippen molar-refractivity contribution in [1.82, 2.24) is 4.90 Å². The first-order chi connectivity index (χ1) is 8.49. The van der Waals surface area contributed by atoms with Crippen molar-refractivity contribution in [3.8, 4) is 0 Å². The molecular formula is C12H15NO4S. The molecule has 0 spiro atoms. The van der Waals surface area contributed by atoms with E-state index >= 15 is 0 Å². The zero-order valence-electron chi connectivity index (χ0n) is 10.3. The molecule has 1 fully saturated rings. The molecular weight excluding hydrogens is 254 g/mol. The number of aliphatic carboxylic acids is 1. The fourth-order valence-corrected chi connectivity index (χ4v) is 2.91. The number of carboxylic acids is 1. The molecule has 0 saturated carbocycles. The first-order valence-electron chi connectivity index (χ1n) is 5.69. The van der Waals surface area contributed by atoms with Crippen LogP contribution in [0.5, 0.6) is 0 Å². The number of rotatable bonds is 2. The predicted octanol–water partition coefficient (Wildman–Crippen LogP) is 1.29. The Kier molecular flexibility index (Phi) is 3.68. The number of carbonyl (C=O) groups excluding carboxylic acids is 1. The van der Waals surface area contributed by atoms with Gasteiger partial charge < -0.3 is 14.7 Å². The number of carbonyl (C=O) groups is 2. The fraction of sp³-hybridized carbons (Fsp3) is 0.500. The SMILES string of the molecule is Cc1cc(C(=O)N2CCOC(C(=O)O)C2)c(C)s1. The molecule has 1 aromatic heterocycles. The molecule has 6 heteroatoms. The summed E-state index contributed by atoms with van der Waals surface area (Å²) in [5.74, 6) is -1.13. The van der Waals surface area contributed by atoms with Gasteiger partial charge in [0.05, 0.1) is 18.7 Å². The molecule has 0 aromatic carbocycles. The Morgan fingerprint density at radius 1 is 1.50 bits per heavy atom. The molecule has 2 rings (SSSR count). The van der Waals surface area contributed by atoms with Crippen molar-refractivity contribution in [1.29, 1.82) is 0 Å². The third kappa shape index (κ3) is 2.54. The van der Waals surface area contributed by atoms with Gasteiger partial charge in [-0.25, -0.2) is 4.79 Å². The summed E-state index contributed by atoms with van der Waals surface area (Å²) in [6.45, 7) is 4.68. The molecule has 0 radical (unpaired) electrons. The van der Waals surface area contributed by atoms with Crippen LogP contribution in [-0.2, 0) is 9.53 Å². The van der Waals surface area contributed by atoms with E-state index in [1.807, 2.05) is 19.9 Å². The highest BCUT2D eigenvalue weighted by atomic mass is 32.1. The second-order valence-electron chi connectivity index (χ2n) is 4.28. The van der Waals surface area contributed by atoms with E-state index in [4.69, 9.17) is 9.84 Å². The highest BCUT2D eigenvalue weighted by molar-refractivity contribution is 7.12. The van der Waals surface area contributed by atoms with Crippen molar-refractivity contribution < 1.29 is 19.4 Å². The second kappa shape index (κ2) is 5.07. The van der Waals surface area contributed by atoms with E-state index in [0.717, 1.165) is 9.75 Å². The van der Waals surface area contributed by atoms with Crippen LogP contribution in [0, 0.1) is 13.8 Å². The molecule has 1 aliphatic rings. The number of thiophene rings is 1. The largest absolute Gasteiger partial charge is 0.479 e. The Balaban J connectivity index is 2.14. The number of hydrogen-bond acceptors (Lipinski definition) is 4. The number of hydrogen-bond donors (Lipinski definition) is 1. The minimum atomic E-state index is -1.02. The molecule has 1 atom stereocenters. The topological polar surface area (TPSA) is 66.8 Å². The van der Waals surface area contributed by atoms with Gasteiger partial charge in [0.1, 0.15) is 0 Å². The number of ether oxygens (including phenoxy) is 1. The molecule has 1 aliphatic heterocycles.